The zero-order chi connectivity index (χ0) is 13.3. The van der Waals surface area contributed by atoms with Crippen LogP contribution in [0.25, 0.3) is 0 Å². The molecular weight excluding hydrogens is 238 g/mol. The Labute approximate surface area is 104 Å². The minimum Gasteiger partial charge on any atom is -0.311 e. The molecule has 0 atom stereocenters. The summed E-state index contributed by atoms with van der Waals surface area (Å²) in [6.45, 7) is 0. The Bertz CT molecular complexity index is 532. The standard InChI is InChI=1S/C13H12F2N2O/c1-17(11-7-9(14)3-4-10(11)15)12(18)13(8-16)5-2-6-13/h3-4,7H,2,5-6H2,1H3. The second kappa shape index (κ2) is 4.37. The Kier molecular flexibility index (Phi) is 3.04. The van der Waals surface area contributed by atoms with Gasteiger partial charge in [-0.3, -0.25) is 4.79 Å². The molecule has 94 valence electrons. The molecule has 0 N–H and O–H groups in total. The highest BCUT2D eigenvalue weighted by Crippen LogP contribution is 2.42. The van der Waals surface area contributed by atoms with Crippen LogP contribution in [0.5, 0.6) is 0 Å². The fourth-order valence-electron chi connectivity index (χ4n) is 2.08. The molecular formula is C13H12F2N2O. The first kappa shape index (κ1) is 12.5. The first-order chi connectivity index (χ1) is 8.50. The molecule has 2 rings (SSSR count). The normalized spacial score (nSPS) is 16.6. The van der Waals surface area contributed by atoms with Gasteiger partial charge >= 0.3 is 0 Å². The number of carbonyl (C=O) groups is 1. The van der Waals surface area contributed by atoms with E-state index in [1.54, 1.807) is 0 Å². The van der Waals surface area contributed by atoms with Crippen LogP contribution in [0, 0.1) is 28.4 Å². The molecule has 0 bridgehead atoms. The average Bonchev–Trinajstić information content (AvgIpc) is 2.30. The smallest absolute Gasteiger partial charge is 0.247 e. The zero-order valence-electron chi connectivity index (χ0n) is 9.91. The van der Waals surface area contributed by atoms with Crippen LogP contribution in [-0.2, 0) is 4.79 Å². The summed E-state index contributed by atoms with van der Waals surface area (Å²) in [4.78, 5) is 13.2. The maximum absolute atomic E-state index is 13.6. The second-order valence-corrected chi connectivity index (χ2v) is 4.51. The Balaban J connectivity index is 2.31. The molecule has 3 nitrogen and oxygen atoms in total. The van der Waals surface area contributed by atoms with Crippen molar-refractivity contribution in [2.75, 3.05) is 11.9 Å². The number of amides is 1. The van der Waals surface area contributed by atoms with E-state index in [0.717, 1.165) is 29.5 Å². The molecule has 0 unspecified atom stereocenters. The van der Waals surface area contributed by atoms with Crippen molar-refractivity contribution in [2.24, 2.45) is 5.41 Å². The Morgan fingerprint density at radius 1 is 1.44 bits per heavy atom. The molecule has 0 radical (unpaired) electrons. The molecule has 1 saturated carbocycles. The fraction of sp³-hybridized carbons (Fsp3) is 0.385. The van der Waals surface area contributed by atoms with Crippen molar-refractivity contribution in [3.05, 3.63) is 29.8 Å². The van der Waals surface area contributed by atoms with Gasteiger partial charge in [-0.05, 0) is 31.4 Å². The highest BCUT2D eigenvalue weighted by atomic mass is 19.1. The Hall–Kier alpha value is -1.96. The lowest BCUT2D eigenvalue weighted by atomic mass is 9.69. The first-order valence-electron chi connectivity index (χ1n) is 5.65. The van der Waals surface area contributed by atoms with Crippen LogP contribution in [-0.4, -0.2) is 13.0 Å². The van der Waals surface area contributed by atoms with Gasteiger partial charge in [-0.1, -0.05) is 0 Å². The van der Waals surface area contributed by atoms with E-state index in [1.165, 1.54) is 7.05 Å². The molecule has 1 aromatic carbocycles. The molecule has 1 fully saturated rings. The summed E-state index contributed by atoms with van der Waals surface area (Å²) in [7, 11) is 1.36. The van der Waals surface area contributed by atoms with Crippen molar-refractivity contribution < 1.29 is 13.6 Å². The molecule has 0 saturated heterocycles. The summed E-state index contributed by atoms with van der Waals surface area (Å²) in [5, 5.41) is 9.06. The predicted molar refractivity (Wildman–Crippen MR) is 61.7 cm³/mol. The Morgan fingerprint density at radius 3 is 2.61 bits per heavy atom. The maximum Gasteiger partial charge on any atom is 0.247 e. The Morgan fingerprint density at radius 2 is 2.11 bits per heavy atom. The van der Waals surface area contributed by atoms with E-state index in [1.807, 2.05) is 6.07 Å². The highest BCUT2D eigenvalue weighted by molar-refractivity contribution is 5.99. The van der Waals surface area contributed by atoms with Gasteiger partial charge in [0.2, 0.25) is 5.91 Å². The van der Waals surface area contributed by atoms with Crippen molar-refractivity contribution in [1.29, 1.82) is 5.26 Å². The third-order valence-electron chi connectivity index (χ3n) is 3.40. The largest absolute Gasteiger partial charge is 0.311 e. The molecule has 5 heteroatoms. The lowest BCUT2D eigenvalue weighted by molar-refractivity contribution is -0.128. The average molecular weight is 250 g/mol. The number of halogens is 2. The number of nitrogens with zero attached hydrogens (tertiary/aromatic N) is 2. The van der Waals surface area contributed by atoms with E-state index in [4.69, 9.17) is 5.26 Å². The summed E-state index contributed by atoms with van der Waals surface area (Å²) in [5.41, 5.74) is -1.20. The van der Waals surface area contributed by atoms with Gasteiger partial charge in [0.1, 0.15) is 17.0 Å². The third kappa shape index (κ3) is 1.84. The summed E-state index contributed by atoms with van der Waals surface area (Å²) in [5.74, 6) is -1.77. The van der Waals surface area contributed by atoms with Crippen molar-refractivity contribution in [3.63, 3.8) is 0 Å². The molecule has 0 aliphatic heterocycles. The van der Waals surface area contributed by atoms with E-state index < -0.39 is 23.0 Å². The van der Waals surface area contributed by atoms with Gasteiger partial charge in [0, 0.05) is 13.1 Å². The second-order valence-electron chi connectivity index (χ2n) is 4.51. The number of nitriles is 1. The molecule has 0 aromatic heterocycles. The van der Waals surface area contributed by atoms with Gasteiger partial charge in [0.25, 0.3) is 0 Å². The van der Waals surface area contributed by atoms with Crippen molar-refractivity contribution in [2.45, 2.75) is 19.3 Å². The van der Waals surface area contributed by atoms with Gasteiger partial charge < -0.3 is 4.90 Å². The van der Waals surface area contributed by atoms with Crippen LogP contribution < -0.4 is 4.90 Å². The summed E-state index contributed by atoms with van der Waals surface area (Å²) >= 11 is 0. The summed E-state index contributed by atoms with van der Waals surface area (Å²) in [6.07, 6.45) is 1.76. The van der Waals surface area contributed by atoms with Crippen LogP contribution in [0.2, 0.25) is 0 Å². The molecule has 1 aromatic rings. The monoisotopic (exact) mass is 250 g/mol. The van der Waals surface area contributed by atoms with Gasteiger partial charge in [-0.2, -0.15) is 5.26 Å². The number of hydrogen-bond acceptors (Lipinski definition) is 2. The minimum absolute atomic E-state index is 0.137. The van der Waals surface area contributed by atoms with Crippen LogP contribution in [0.4, 0.5) is 14.5 Å². The van der Waals surface area contributed by atoms with Crippen LogP contribution in [0.1, 0.15) is 19.3 Å². The van der Waals surface area contributed by atoms with Crippen molar-refractivity contribution in [1.82, 2.24) is 0 Å². The van der Waals surface area contributed by atoms with E-state index in [2.05, 4.69) is 0 Å². The number of rotatable bonds is 2. The molecule has 1 amide bonds. The fourth-order valence-corrected chi connectivity index (χ4v) is 2.08. The summed E-state index contributed by atoms with van der Waals surface area (Å²) < 4.78 is 26.6. The van der Waals surface area contributed by atoms with Gasteiger partial charge in [-0.15, -0.1) is 0 Å². The highest BCUT2D eigenvalue weighted by Gasteiger charge is 2.46. The van der Waals surface area contributed by atoms with Gasteiger partial charge in [0.05, 0.1) is 11.8 Å². The van der Waals surface area contributed by atoms with Gasteiger partial charge in [-0.25, -0.2) is 8.78 Å². The predicted octanol–water partition coefficient (Wildman–Crippen LogP) is 2.62. The van der Waals surface area contributed by atoms with Gasteiger partial charge in [0.15, 0.2) is 0 Å². The zero-order valence-corrected chi connectivity index (χ0v) is 9.91. The number of anilines is 1. The lowest BCUT2D eigenvalue weighted by Crippen LogP contribution is -2.46. The number of hydrogen-bond donors (Lipinski definition) is 0. The van der Waals surface area contributed by atoms with E-state index >= 15 is 0 Å². The SMILES string of the molecule is CN(C(=O)C1(C#N)CCC1)c1cc(F)ccc1F. The number of carbonyl (C=O) groups excluding carboxylic acids is 1. The number of benzene rings is 1. The molecule has 1 aliphatic carbocycles. The molecule has 0 spiro atoms. The topological polar surface area (TPSA) is 44.1 Å². The first-order valence-corrected chi connectivity index (χ1v) is 5.65. The van der Waals surface area contributed by atoms with Crippen molar-refractivity contribution in [3.8, 4) is 6.07 Å². The quantitative estimate of drug-likeness (QED) is 0.809. The lowest BCUT2D eigenvalue weighted by Gasteiger charge is -2.36. The minimum atomic E-state index is -1.06. The third-order valence-corrected chi connectivity index (χ3v) is 3.40. The van der Waals surface area contributed by atoms with E-state index in [0.29, 0.717) is 12.8 Å². The van der Waals surface area contributed by atoms with Crippen LogP contribution in [0.3, 0.4) is 0 Å². The van der Waals surface area contributed by atoms with Crippen LogP contribution >= 0.6 is 0 Å². The maximum atomic E-state index is 13.6. The van der Waals surface area contributed by atoms with E-state index in [-0.39, 0.29) is 5.69 Å². The summed E-state index contributed by atoms with van der Waals surface area (Å²) in [6, 6.07) is 4.90. The molecule has 0 heterocycles. The van der Waals surface area contributed by atoms with E-state index in [9.17, 15) is 13.6 Å². The van der Waals surface area contributed by atoms with Crippen LogP contribution in [0.15, 0.2) is 18.2 Å². The van der Waals surface area contributed by atoms with Crippen molar-refractivity contribution >= 4 is 11.6 Å². The molecule has 18 heavy (non-hydrogen) atoms. The molecule has 1 aliphatic rings.